The molecular formula is C22H28N2O2. The number of likely N-dealkylation sites (tertiary alicyclic amines) is 1. The van der Waals surface area contributed by atoms with E-state index in [4.69, 9.17) is 4.74 Å². The van der Waals surface area contributed by atoms with Crippen molar-refractivity contribution in [2.75, 3.05) is 18.4 Å². The first kappa shape index (κ1) is 15.5. The number of rotatable bonds is 1. The largest absolute Gasteiger partial charge is 0.438 e. The number of benzene rings is 1. The summed E-state index contributed by atoms with van der Waals surface area (Å²) in [5.41, 5.74) is 2.37. The number of nitrogens with one attached hydrogen (secondary N) is 1. The summed E-state index contributed by atoms with van der Waals surface area (Å²) in [6.07, 6.45) is 10.3. The van der Waals surface area contributed by atoms with Gasteiger partial charge in [0.25, 0.3) is 0 Å². The Kier molecular flexibility index (Phi) is 3.13. The molecule has 5 aliphatic rings. The molecule has 1 N–H and O–H groups in total. The Bertz CT molecular complexity index is 754. The lowest BCUT2D eigenvalue weighted by atomic mass is 9.80. The fourth-order valence-corrected chi connectivity index (χ4v) is 7.43. The van der Waals surface area contributed by atoms with Crippen molar-refractivity contribution in [2.24, 2.45) is 17.3 Å². The summed E-state index contributed by atoms with van der Waals surface area (Å²) >= 11 is 0. The molecule has 1 aromatic carbocycles. The van der Waals surface area contributed by atoms with Crippen molar-refractivity contribution < 1.29 is 9.53 Å². The molecule has 4 fully saturated rings. The minimum Gasteiger partial charge on any atom is -0.438 e. The van der Waals surface area contributed by atoms with Crippen LogP contribution in [0.25, 0.3) is 0 Å². The van der Waals surface area contributed by atoms with Gasteiger partial charge < -0.3 is 4.74 Å². The molecule has 138 valence electrons. The maximum atomic E-state index is 12.1. The van der Waals surface area contributed by atoms with E-state index in [-0.39, 0.29) is 6.09 Å². The highest BCUT2D eigenvalue weighted by Gasteiger charge is 2.71. The van der Waals surface area contributed by atoms with Gasteiger partial charge in [0, 0.05) is 37.5 Å². The molecule has 1 saturated heterocycles. The second-order valence-electron chi connectivity index (χ2n) is 9.27. The van der Waals surface area contributed by atoms with Crippen LogP contribution in [0, 0.1) is 17.3 Å². The zero-order valence-electron chi connectivity index (χ0n) is 15.4. The van der Waals surface area contributed by atoms with Crippen molar-refractivity contribution in [1.29, 1.82) is 0 Å². The number of fused-ring (bicyclic) bond motifs is 2. The van der Waals surface area contributed by atoms with Gasteiger partial charge in [-0.2, -0.15) is 0 Å². The fraction of sp³-hybridized carbons (Fsp3) is 0.682. The van der Waals surface area contributed by atoms with E-state index >= 15 is 0 Å². The normalized spacial score (nSPS) is 40.2. The Morgan fingerprint density at radius 3 is 2.73 bits per heavy atom. The molecule has 4 nitrogen and oxygen atoms in total. The van der Waals surface area contributed by atoms with Gasteiger partial charge in [-0.3, -0.25) is 10.2 Å². The van der Waals surface area contributed by atoms with E-state index in [0.29, 0.717) is 5.41 Å². The van der Waals surface area contributed by atoms with Gasteiger partial charge in [-0.25, -0.2) is 4.79 Å². The third-order valence-electron chi connectivity index (χ3n) is 8.45. The Morgan fingerprint density at radius 1 is 1.04 bits per heavy atom. The molecule has 6 rings (SSSR count). The zero-order chi connectivity index (χ0) is 17.4. The molecule has 4 unspecified atom stereocenters. The van der Waals surface area contributed by atoms with E-state index in [1.165, 1.54) is 44.1 Å². The summed E-state index contributed by atoms with van der Waals surface area (Å²) in [6.45, 7) is 2.13. The van der Waals surface area contributed by atoms with Crippen molar-refractivity contribution >= 4 is 11.8 Å². The molecule has 3 aliphatic carbocycles. The van der Waals surface area contributed by atoms with E-state index in [9.17, 15) is 4.79 Å². The first-order chi connectivity index (χ1) is 12.7. The standard InChI is InChI=1S/C22H28N2O2/c25-20-23-18-9-2-1-7-16(18)21(26-20)11-13-24(14-12-21)19-17-8-3-5-15-6-4-10-22(15,17)19/h1-2,7,9,15,17,19H,3-6,8,10-14H2,(H,23,25). The highest BCUT2D eigenvalue weighted by molar-refractivity contribution is 5.88. The molecule has 2 spiro atoms. The van der Waals surface area contributed by atoms with Crippen LogP contribution in [0.3, 0.4) is 0 Å². The van der Waals surface area contributed by atoms with Crippen molar-refractivity contribution in [3.05, 3.63) is 29.8 Å². The third kappa shape index (κ3) is 1.91. The van der Waals surface area contributed by atoms with Gasteiger partial charge >= 0.3 is 6.09 Å². The SMILES string of the molecule is O=C1Nc2ccccc2C2(CCN(C3C4CCCC5CCCC543)CC2)O1. The number of para-hydroxylation sites is 1. The summed E-state index contributed by atoms with van der Waals surface area (Å²) in [7, 11) is 0. The molecule has 4 atom stereocenters. The van der Waals surface area contributed by atoms with Crippen LogP contribution < -0.4 is 5.32 Å². The number of ether oxygens (including phenoxy) is 1. The third-order valence-corrected chi connectivity index (χ3v) is 8.45. The quantitative estimate of drug-likeness (QED) is 0.808. The molecule has 4 heteroatoms. The van der Waals surface area contributed by atoms with Crippen LogP contribution in [0.15, 0.2) is 24.3 Å². The molecule has 0 bridgehead atoms. The lowest BCUT2D eigenvalue weighted by Gasteiger charge is -2.45. The highest BCUT2D eigenvalue weighted by Crippen LogP contribution is 2.72. The summed E-state index contributed by atoms with van der Waals surface area (Å²) in [5, 5.41) is 2.87. The topological polar surface area (TPSA) is 41.6 Å². The minimum absolute atomic E-state index is 0.285. The predicted octanol–water partition coefficient (Wildman–Crippen LogP) is 4.51. The van der Waals surface area contributed by atoms with Gasteiger partial charge in [0.1, 0.15) is 5.60 Å². The number of hydrogen-bond donors (Lipinski definition) is 1. The number of nitrogens with zero attached hydrogens (tertiary/aromatic N) is 1. The zero-order valence-corrected chi connectivity index (χ0v) is 15.4. The summed E-state index contributed by atoms with van der Waals surface area (Å²) < 4.78 is 5.92. The number of carbonyl (C=O) groups excluding carboxylic acids is 1. The van der Waals surface area contributed by atoms with Crippen LogP contribution in [0.4, 0.5) is 10.5 Å². The Morgan fingerprint density at radius 2 is 1.85 bits per heavy atom. The molecule has 1 aromatic rings. The first-order valence-electron chi connectivity index (χ1n) is 10.6. The minimum atomic E-state index is -0.414. The van der Waals surface area contributed by atoms with Crippen LogP contribution in [-0.4, -0.2) is 30.1 Å². The van der Waals surface area contributed by atoms with Gasteiger partial charge in [-0.05, 0) is 49.0 Å². The molecule has 3 saturated carbocycles. The van der Waals surface area contributed by atoms with Crippen molar-refractivity contribution in [2.45, 2.75) is 63.0 Å². The van der Waals surface area contributed by atoms with Crippen molar-refractivity contribution in [3.63, 3.8) is 0 Å². The average molecular weight is 352 g/mol. The fourth-order valence-electron chi connectivity index (χ4n) is 7.43. The van der Waals surface area contributed by atoms with Gasteiger partial charge in [0.05, 0.1) is 5.69 Å². The molecule has 2 aliphatic heterocycles. The monoisotopic (exact) mass is 352 g/mol. The van der Waals surface area contributed by atoms with Crippen LogP contribution in [0.2, 0.25) is 0 Å². The second kappa shape index (κ2) is 5.25. The summed E-state index contributed by atoms with van der Waals surface area (Å²) in [4.78, 5) is 14.9. The number of carbonyl (C=O) groups is 1. The molecule has 26 heavy (non-hydrogen) atoms. The lowest BCUT2D eigenvalue weighted by molar-refractivity contribution is -0.0424. The maximum Gasteiger partial charge on any atom is 0.412 e. The van der Waals surface area contributed by atoms with Crippen LogP contribution >= 0.6 is 0 Å². The average Bonchev–Trinajstić information content (AvgIpc) is 3.11. The number of hydrogen-bond acceptors (Lipinski definition) is 3. The maximum absolute atomic E-state index is 12.1. The first-order valence-corrected chi connectivity index (χ1v) is 10.6. The van der Waals surface area contributed by atoms with Gasteiger partial charge in [-0.15, -0.1) is 0 Å². The predicted molar refractivity (Wildman–Crippen MR) is 99.9 cm³/mol. The Hall–Kier alpha value is -1.55. The summed E-state index contributed by atoms with van der Waals surface area (Å²) in [5.74, 6) is 1.96. The summed E-state index contributed by atoms with van der Waals surface area (Å²) in [6, 6.07) is 9.00. The van der Waals surface area contributed by atoms with Crippen molar-refractivity contribution in [1.82, 2.24) is 4.90 Å². The number of anilines is 1. The molecule has 1 amide bonds. The molecular weight excluding hydrogens is 324 g/mol. The van der Waals surface area contributed by atoms with Gasteiger partial charge in [-0.1, -0.05) is 31.0 Å². The Balaban J connectivity index is 1.25. The molecule has 2 heterocycles. The second-order valence-corrected chi connectivity index (χ2v) is 9.27. The lowest BCUT2D eigenvalue weighted by Crippen LogP contribution is -2.49. The van der Waals surface area contributed by atoms with E-state index in [1.54, 1.807) is 0 Å². The van der Waals surface area contributed by atoms with Crippen molar-refractivity contribution in [3.8, 4) is 0 Å². The van der Waals surface area contributed by atoms with E-state index in [1.807, 2.05) is 12.1 Å². The number of piperidine rings is 1. The van der Waals surface area contributed by atoms with Crippen LogP contribution in [0.5, 0.6) is 0 Å². The van der Waals surface area contributed by atoms with E-state index < -0.39 is 5.60 Å². The van der Waals surface area contributed by atoms with Gasteiger partial charge in [0.15, 0.2) is 0 Å². The Labute approximate surface area is 155 Å². The molecule has 0 radical (unpaired) electrons. The number of amides is 1. The van der Waals surface area contributed by atoms with Crippen LogP contribution in [-0.2, 0) is 10.3 Å². The van der Waals surface area contributed by atoms with E-state index in [0.717, 1.165) is 49.5 Å². The highest BCUT2D eigenvalue weighted by atomic mass is 16.6. The smallest absolute Gasteiger partial charge is 0.412 e. The van der Waals surface area contributed by atoms with Gasteiger partial charge in [0.2, 0.25) is 0 Å². The van der Waals surface area contributed by atoms with E-state index in [2.05, 4.69) is 22.3 Å². The van der Waals surface area contributed by atoms with Crippen LogP contribution in [0.1, 0.15) is 56.9 Å². The molecule has 0 aromatic heterocycles.